The van der Waals surface area contributed by atoms with Gasteiger partial charge in [0.05, 0.1) is 11.1 Å². The number of halogens is 3. The van der Waals surface area contributed by atoms with Crippen LogP contribution in [0.25, 0.3) is 10.9 Å². The van der Waals surface area contributed by atoms with Crippen molar-refractivity contribution >= 4 is 44.5 Å². The second-order valence-corrected chi connectivity index (χ2v) is 13.0. The molecule has 9 heteroatoms. The second kappa shape index (κ2) is 13.5. The van der Waals surface area contributed by atoms with E-state index in [1.54, 1.807) is 20.8 Å². The summed E-state index contributed by atoms with van der Waals surface area (Å²) in [5.74, 6) is -1.68. The van der Waals surface area contributed by atoms with E-state index in [2.05, 4.69) is 33.1 Å². The number of piperidine rings is 1. The molecule has 2 atom stereocenters. The van der Waals surface area contributed by atoms with E-state index < -0.39 is 29.1 Å². The molecule has 0 spiro atoms. The molecule has 1 aliphatic rings. The third-order valence-corrected chi connectivity index (χ3v) is 8.31. The van der Waals surface area contributed by atoms with Gasteiger partial charge < -0.3 is 15.0 Å². The molecular weight excluding hydrogens is 604 g/mol. The van der Waals surface area contributed by atoms with Crippen molar-refractivity contribution in [1.29, 1.82) is 0 Å². The zero-order valence-electron chi connectivity index (χ0n) is 25.0. The van der Waals surface area contributed by atoms with Gasteiger partial charge >= 0.3 is 5.97 Å². The van der Waals surface area contributed by atoms with Crippen molar-refractivity contribution in [2.45, 2.75) is 78.2 Å². The molecule has 0 radical (unpaired) electrons. The summed E-state index contributed by atoms with van der Waals surface area (Å²) < 4.78 is 36.0. The Bertz CT molecular complexity index is 1440. The Morgan fingerprint density at radius 3 is 2.57 bits per heavy atom. The third kappa shape index (κ3) is 7.65. The molecule has 2 heterocycles. The lowest BCUT2D eigenvalue weighted by atomic mass is 9.92. The summed E-state index contributed by atoms with van der Waals surface area (Å²) in [6.07, 6.45) is 3.38. The Labute approximate surface area is 255 Å². The summed E-state index contributed by atoms with van der Waals surface area (Å²) in [7, 11) is 0. The summed E-state index contributed by atoms with van der Waals surface area (Å²) in [5, 5.41) is 3.63. The smallest absolute Gasteiger partial charge is 0.306 e. The average molecular weight is 645 g/mol. The molecule has 1 N–H and O–H groups in total. The Kier molecular flexibility index (Phi) is 10.2. The Balaban J connectivity index is 1.66. The molecule has 0 saturated carbocycles. The SMILES string of the molecule is CCC1CCCN(c2nc3ccc(Br)cc3c(C(=O)NCC(CCC(=O)OC(C)(C)C)c3c(F)cccc3F)c2C)C1. The molecule has 1 saturated heterocycles. The number of rotatable bonds is 9. The zero-order valence-corrected chi connectivity index (χ0v) is 26.6. The van der Waals surface area contributed by atoms with Crippen LogP contribution in [0.2, 0.25) is 0 Å². The van der Waals surface area contributed by atoms with E-state index >= 15 is 0 Å². The molecule has 3 aromatic rings. The number of carbonyl (C=O) groups is 2. The van der Waals surface area contributed by atoms with Gasteiger partial charge in [0.15, 0.2) is 0 Å². The molecule has 4 rings (SSSR count). The van der Waals surface area contributed by atoms with E-state index in [0.717, 1.165) is 41.8 Å². The van der Waals surface area contributed by atoms with Crippen molar-refractivity contribution in [3.05, 3.63) is 69.2 Å². The lowest BCUT2D eigenvalue weighted by molar-refractivity contribution is -0.155. The van der Waals surface area contributed by atoms with Crippen LogP contribution in [0.4, 0.5) is 14.6 Å². The fourth-order valence-electron chi connectivity index (χ4n) is 5.75. The summed E-state index contributed by atoms with van der Waals surface area (Å²) in [6, 6.07) is 9.33. The standard InChI is InChI=1S/C33H40BrF2N3O3/c1-6-21-9-8-16-39(19-21)31-20(2)29(24-17-23(34)13-14-27(24)38-31)32(41)37-18-22(12-15-28(40)42-33(3,4)5)30-25(35)10-7-11-26(30)36/h7,10-11,13-14,17,21-22H,6,8-9,12,15-16,18-19H2,1-5H3,(H,37,41). The number of nitrogens with one attached hydrogen (secondary N) is 1. The molecule has 42 heavy (non-hydrogen) atoms. The minimum Gasteiger partial charge on any atom is -0.460 e. The molecular formula is C33H40BrF2N3O3. The van der Waals surface area contributed by atoms with Crippen LogP contribution in [0.3, 0.4) is 0 Å². The van der Waals surface area contributed by atoms with E-state index in [-0.39, 0.29) is 30.9 Å². The number of amides is 1. The van der Waals surface area contributed by atoms with E-state index in [4.69, 9.17) is 9.72 Å². The Morgan fingerprint density at radius 2 is 1.90 bits per heavy atom. The molecule has 2 unspecified atom stereocenters. The van der Waals surface area contributed by atoms with Gasteiger partial charge in [-0.1, -0.05) is 35.3 Å². The molecule has 1 fully saturated rings. The van der Waals surface area contributed by atoms with Crippen LogP contribution in [0.5, 0.6) is 0 Å². The fraction of sp³-hybridized carbons (Fsp3) is 0.485. The van der Waals surface area contributed by atoms with Crippen LogP contribution in [-0.4, -0.2) is 42.1 Å². The predicted octanol–water partition coefficient (Wildman–Crippen LogP) is 7.85. The topological polar surface area (TPSA) is 71.5 Å². The highest BCUT2D eigenvalue weighted by Crippen LogP contribution is 2.33. The van der Waals surface area contributed by atoms with Crippen LogP contribution in [0.15, 0.2) is 40.9 Å². The largest absolute Gasteiger partial charge is 0.460 e. The maximum Gasteiger partial charge on any atom is 0.306 e. The monoisotopic (exact) mass is 643 g/mol. The van der Waals surface area contributed by atoms with Crippen molar-refractivity contribution in [2.75, 3.05) is 24.5 Å². The Morgan fingerprint density at radius 1 is 1.19 bits per heavy atom. The maximum absolute atomic E-state index is 14.9. The van der Waals surface area contributed by atoms with Gasteiger partial charge in [-0.05, 0) is 83.2 Å². The molecule has 226 valence electrons. The van der Waals surface area contributed by atoms with E-state index in [1.165, 1.54) is 24.6 Å². The van der Waals surface area contributed by atoms with Gasteiger partial charge in [0.1, 0.15) is 23.1 Å². The van der Waals surface area contributed by atoms with Gasteiger partial charge in [-0.25, -0.2) is 13.8 Å². The zero-order chi connectivity index (χ0) is 30.6. The average Bonchev–Trinajstić information content (AvgIpc) is 2.92. The number of carbonyl (C=O) groups excluding carboxylic acids is 2. The van der Waals surface area contributed by atoms with Gasteiger partial charge in [-0.15, -0.1) is 0 Å². The Hall–Kier alpha value is -3.07. The second-order valence-electron chi connectivity index (χ2n) is 12.1. The van der Waals surface area contributed by atoms with Gasteiger partial charge in [0.25, 0.3) is 5.91 Å². The van der Waals surface area contributed by atoms with Crippen molar-refractivity contribution in [2.24, 2.45) is 5.92 Å². The first-order valence-corrected chi connectivity index (χ1v) is 15.5. The maximum atomic E-state index is 14.9. The van der Waals surface area contributed by atoms with Gasteiger partial charge in [-0.2, -0.15) is 0 Å². The van der Waals surface area contributed by atoms with E-state index in [1.807, 2.05) is 25.1 Å². The van der Waals surface area contributed by atoms with E-state index in [9.17, 15) is 18.4 Å². The van der Waals surface area contributed by atoms with Crippen molar-refractivity contribution in [3.8, 4) is 0 Å². The number of pyridine rings is 1. The molecule has 1 aromatic heterocycles. The highest BCUT2D eigenvalue weighted by atomic mass is 79.9. The van der Waals surface area contributed by atoms with Crippen molar-refractivity contribution < 1.29 is 23.1 Å². The summed E-state index contributed by atoms with van der Waals surface area (Å²) in [6.45, 7) is 11.1. The van der Waals surface area contributed by atoms with Crippen LogP contribution < -0.4 is 10.2 Å². The molecule has 2 aromatic carbocycles. The van der Waals surface area contributed by atoms with Crippen LogP contribution >= 0.6 is 15.9 Å². The number of nitrogens with zero attached hydrogens (tertiary/aromatic N) is 2. The minimum absolute atomic E-state index is 0.0482. The number of esters is 1. The third-order valence-electron chi connectivity index (χ3n) is 7.82. The van der Waals surface area contributed by atoms with Gasteiger partial charge in [0, 0.05) is 53.0 Å². The first-order chi connectivity index (χ1) is 19.9. The molecule has 1 aliphatic heterocycles. The quantitative estimate of drug-likeness (QED) is 0.241. The number of benzene rings is 2. The molecule has 6 nitrogen and oxygen atoms in total. The number of aromatic nitrogens is 1. The summed E-state index contributed by atoms with van der Waals surface area (Å²) in [4.78, 5) is 33.6. The highest BCUT2D eigenvalue weighted by Gasteiger charge is 2.27. The van der Waals surface area contributed by atoms with Crippen molar-refractivity contribution in [3.63, 3.8) is 0 Å². The first-order valence-electron chi connectivity index (χ1n) is 14.7. The normalized spacial score (nSPS) is 16.4. The summed E-state index contributed by atoms with van der Waals surface area (Å²) >= 11 is 3.52. The van der Waals surface area contributed by atoms with Crippen LogP contribution in [0.1, 0.15) is 87.2 Å². The van der Waals surface area contributed by atoms with Crippen LogP contribution in [0, 0.1) is 24.5 Å². The van der Waals surface area contributed by atoms with Gasteiger partial charge in [-0.3, -0.25) is 9.59 Å². The molecule has 0 aliphatic carbocycles. The number of fused-ring (bicyclic) bond motifs is 1. The highest BCUT2D eigenvalue weighted by molar-refractivity contribution is 9.10. The predicted molar refractivity (Wildman–Crippen MR) is 166 cm³/mol. The van der Waals surface area contributed by atoms with Crippen LogP contribution in [-0.2, 0) is 9.53 Å². The summed E-state index contributed by atoms with van der Waals surface area (Å²) in [5.41, 5.74) is 1.11. The van der Waals surface area contributed by atoms with E-state index in [0.29, 0.717) is 22.4 Å². The number of hydrogen-bond donors (Lipinski definition) is 1. The molecule has 0 bridgehead atoms. The lowest BCUT2D eigenvalue weighted by Crippen LogP contribution is -2.37. The van der Waals surface area contributed by atoms with Gasteiger partial charge in [0.2, 0.25) is 0 Å². The molecule has 1 amide bonds. The number of hydrogen-bond acceptors (Lipinski definition) is 5. The minimum atomic E-state index is -0.783. The fourth-order valence-corrected chi connectivity index (χ4v) is 6.11. The number of ether oxygens (including phenoxy) is 1. The van der Waals surface area contributed by atoms with Crippen molar-refractivity contribution in [1.82, 2.24) is 10.3 Å². The number of anilines is 1. The lowest BCUT2D eigenvalue weighted by Gasteiger charge is -2.34. The first kappa shape index (κ1) is 31.9.